The lowest BCUT2D eigenvalue weighted by Gasteiger charge is -2.36. The fourth-order valence-corrected chi connectivity index (χ4v) is 5.11. The minimum Gasteiger partial charge on any atom is -0.330 e. The third-order valence-corrected chi connectivity index (χ3v) is 6.75. The number of nitrogens with two attached hydrogens (primary N) is 1. The van der Waals surface area contributed by atoms with Gasteiger partial charge in [-0.15, -0.1) is 0 Å². The van der Waals surface area contributed by atoms with E-state index in [0.717, 1.165) is 31.2 Å². The van der Waals surface area contributed by atoms with E-state index in [1.807, 2.05) is 6.92 Å². The summed E-state index contributed by atoms with van der Waals surface area (Å²) in [5, 5.41) is 0.280. The van der Waals surface area contributed by atoms with E-state index >= 15 is 0 Å². The summed E-state index contributed by atoms with van der Waals surface area (Å²) in [7, 11) is -1.94. The zero-order chi connectivity index (χ0) is 15.6. The van der Waals surface area contributed by atoms with Crippen LogP contribution in [0.25, 0.3) is 0 Å². The van der Waals surface area contributed by atoms with Crippen molar-refractivity contribution in [1.29, 1.82) is 0 Å². The highest BCUT2D eigenvalue weighted by Gasteiger charge is 2.35. The van der Waals surface area contributed by atoms with Crippen molar-refractivity contribution in [2.45, 2.75) is 43.5 Å². The number of hydrogen-bond acceptors (Lipinski definition) is 3. The largest absolute Gasteiger partial charge is 0.330 e. The molecule has 4 nitrogen and oxygen atoms in total. The molecule has 1 saturated carbocycles. The van der Waals surface area contributed by atoms with Crippen molar-refractivity contribution in [2.24, 2.45) is 11.7 Å². The average molecular weight is 331 g/mol. The Morgan fingerprint density at radius 1 is 1.33 bits per heavy atom. The van der Waals surface area contributed by atoms with E-state index in [1.165, 1.54) is 4.31 Å². The Kier molecular flexibility index (Phi) is 5.30. The molecule has 2 N–H and O–H groups in total. The normalized spacial score (nSPS) is 23.5. The van der Waals surface area contributed by atoms with E-state index in [1.54, 1.807) is 25.2 Å². The summed E-state index contributed by atoms with van der Waals surface area (Å²) >= 11 is 6.14. The highest BCUT2D eigenvalue weighted by Crippen LogP contribution is 2.32. The van der Waals surface area contributed by atoms with Gasteiger partial charge in [0, 0.05) is 13.1 Å². The van der Waals surface area contributed by atoms with Gasteiger partial charge in [0.2, 0.25) is 10.0 Å². The predicted molar refractivity (Wildman–Crippen MR) is 85.9 cm³/mol. The molecule has 1 aliphatic carbocycles. The maximum absolute atomic E-state index is 12.8. The molecule has 2 unspecified atom stereocenters. The first-order valence-corrected chi connectivity index (χ1v) is 9.14. The molecule has 2 rings (SSSR count). The van der Waals surface area contributed by atoms with Gasteiger partial charge in [-0.2, -0.15) is 4.31 Å². The quantitative estimate of drug-likeness (QED) is 0.923. The van der Waals surface area contributed by atoms with E-state index in [9.17, 15) is 8.42 Å². The van der Waals surface area contributed by atoms with E-state index in [2.05, 4.69) is 0 Å². The Balaban J connectivity index is 2.33. The fourth-order valence-electron chi connectivity index (χ4n) is 3.09. The lowest BCUT2D eigenvalue weighted by atomic mass is 9.85. The van der Waals surface area contributed by atoms with Gasteiger partial charge in [-0.25, -0.2) is 8.42 Å². The monoisotopic (exact) mass is 330 g/mol. The lowest BCUT2D eigenvalue weighted by molar-refractivity contribution is 0.204. The van der Waals surface area contributed by atoms with Gasteiger partial charge >= 0.3 is 0 Å². The Labute approximate surface area is 132 Å². The number of aryl methyl sites for hydroxylation is 1. The summed E-state index contributed by atoms with van der Waals surface area (Å²) in [5.41, 5.74) is 6.76. The van der Waals surface area contributed by atoms with E-state index in [4.69, 9.17) is 17.3 Å². The minimum absolute atomic E-state index is 0.0360. The Bertz CT molecular complexity index is 604. The van der Waals surface area contributed by atoms with Gasteiger partial charge in [0.25, 0.3) is 0 Å². The van der Waals surface area contributed by atoms with Crippen molar-refractivity contribution < 1.29 is 8.42 Å². The molecule has 0 spiro atoms. The second-order valence-corrected chi connectivity index (χ2v) is 8.18. The molecule has 21 heavy (non-hydrogen) atoms. The Morgan fingerprint density at radius 2 is 2.00 bits per heavy atom. The maximum atomic E-state index is 12.8. The van der Waals surface area contributed by atoms with Gasteiger partial charge in [0.05, 0.1) is 5.02 Å². The number of halogens is 1. The molecule has 0 radical (unpaired) electrons. The molecule has 0 aromatic heterocycles. The maximum Gasteiger partial charge on any atom is 0.244 e. The van der Waals surface area contributed by atoms with Crippen LogP contribution in [0.3, 0.4) is 0 Å². The van der Waals surface area contributed by atoms with Gasteiger partial charge in [-0.3, -0.25) is 0 Å². The average Bonchev–Trinajstić information content (AvgIpc) is 2.46. The third kappa shape index (κ3) is 3.42. The van der Waals surface area contributed by atoms with Crippen LogP contribution in [0.5, 0.6) is 0 Å². The van der Waals surface area contributed by atoms with Crippen LogP contribution >= 0.6 is 11.6 Å². The number of rotatable bonds is 4. The van der Waals surface area contributed by atoms with Crippen molar-refractivity contribution in [2.75, 3.05) is 13.6 Å². The van der Waals surface area contributed by atoms with Crippen molar-refractivity contribution in [3.05, 3.63) is 28.8 Å². The highest BCUT2D eigenvalue weighted by atomic mass is 35.5. The summed E-state index contributed by atoms with van der Waals surface area (Å²) < 4.78 is 27.1. The molecule has 0 bridgehead atoms. The first-order chi connectivity index (χ1) is 9.87. The predicted octanol–water partition coefficient (Wildman–Crippen LogP) is 2.79. The van der Waals surface area contributed by atoms with E-state index < -0.39 is 10.0 Å². The molecule has 1 aromatic rings. The molecule has 1 aromatic carbocycles. The zero-order valence-electron chi connectivity index (χ0n) is 12.5. The van der Waals surface area contributed by atoms with Gasteiger partial charge in [-0.1, -0.05) is 30.5 Å². The van der Waals surface area contributed by atoms with Gasteiger partial charge in [-0.05, 0) is 49.9 Å². The third-order valence-electron chi connectivity index (χ3n) is 4.38. The molecule has 0 heterocycles. The molecule has 0 amide bonds. The summed E-state index contributed by atoms with van der Waals surface area (Å²) in [6.45, 7) is 2.41. The van der Waals surface area contributed by atoms with Crippen molar-refractivity contribution in [1.82, 2.24) is 4.31 Å². The standard InChI is InChI=1S/C15H23ClN2O2S/c1-11-7-8-15(13(16)9-11)21(19,20)18(2)14-6-4-3-5-12(14)10-17/h7-9,12,14H,3-6,10,17H2,1-2H3. The molecule has 1 fully saturated rings. The van der Waals surface area contributed by atoms with Crippen LogP contribution in [-0.2, 0) is 10.0 Å². The molecular formula is C15H23ClN2O2S. The van der Waals surface area contributed by atoms with Crippen molar-refractivity contribution in [3.8, 4) is 0 Å². The summed E-state index contributed by atoms with van der Waals surface area (Å²) in [5.74, 6) is 0.225. The van der Waals surface area contributed by atoms with Crippen LogP contribution in [0.4, 0.5) is 0 Å². The van der Waals surface area contributed by atoms with Crippen LogP contribution in [0.2, 0.25) is 5.02 Å². The van der Waals surface area contributed by atoms with Crippen LogP contribution in [0.15, 0.2) is 23.1 Å². The molecular weight excluding hydrogens is 308 g/mol. The lowest BCUT2D eigenvalue weighted by Crippen LogP contribution is -2.45. The van der Waals surface area contributed by atoms with Crippen molar-refractivity contribution in [3.63, 3.8) is 0 Å². The second kappa shape index (κ2) is 6.65. The molecule has 118 valence electrons. The SMILES string of the molecule is Cc1ccc(S(=O)(=O)N(C)C2CCCCC2CN)c(Cl)c1. The molecule has 2 atom stereocenters. The van der Waals surface area contributed by atoms with Crippen molar-refractivity contribution >= 4 is 21.6 Å². The first kappa shape index (κ1) is 16.7. The summed E-state index contributed by atoms with van der Waals surface area (Å²) in [4.78, 5) is 0.179. The number of sulfonamides is 1. The molecule has 0 saturated heterocycles. The number of benzene rings is 1. The highest BCUT2D eigenvalue weighted by molar-refractivity contribution is 7.89. The molecule has 0 aliphatic heterocycles. The van der Waals surface area contributed by atoms with E-state index in [0.29, 0.717) is 6.54 Å². The topological polar surface area (TPSA) is 63.4 Å². The van der Waals surface area contributed by atoms with E-state index in [-0.39, 0.29) is 21.9 Å². The van der Waals surface area contributed by atoms with Gasteiger partial charge < -0.3 is 5.73 Å². The minimum atomic E-state index is -3.58. The van der Waals surface area contributed by atoms with Gasteiger partial charge in [0.1, 0.15) is 4.90 Å². The number of nitrogens with zero attached hydrogens (tertiary/aromatic N) is 1. The van der Waals surface area contributed by atoms with Gasteiger partial charge in [0.15, 0.2) is 0 Å². The van der Waals surface area contributed by atoms with Crippen LogP contribution < -0.4 is 5.73 Å². The number of hydrogen-bond donors (Lipinski definition) is 1. The Morgan fingerprint density at radius 3 is 2.62 bits per heavy atom. The summed E-state index contributed by atoms with van der Waals surface area (Å²) in [6, 6.07) is 5.01. The van der Waals surface area contributed by atoms with Crippen LogP contribution in [-0.4, -0.2) is 32.4 Å². The van der Waals surface area contributed by atoms with Crippen LogP contribution in [0.1, 0.15) is 31.2 Å². The zero-order valence-corrected chi connectivity index (χ0v) is 14.1. The second-order valence-electron chi connectivity index (χ2n) is 5.80. The van der Waals surface area contributed by atoms with Crippen LogP contribution in [0, 0.1) is 12.8 Å². The smallest absolute Gasteiger partial charge is 0.244 e. The molecule has 1 aliphatic rings. The fraction of sp³-hybridized carbons (Fsp3) is 0.600. The Hall–Kier alpha value is -0.620. The molecule has 6 heteroatoms. The summed E-state index contributed by atoms with van der Waals surface area (Å²) in [6.07, 6.45) is 4.02. The first-order valence-electron chi connectivity index (χ1n) is 7.32.